The first-order valence-corrected chi connectivity index (χ1v) is 18.0. The standard InChI is InChI=1S/C50H31NO2/c1-3-15-39-32(10-1)12-8-18-40(39)34-22-25-36(26-23-34)51(38-27-29-47-45(31-38)43-17-5-6-20-46(43)52-47)37-14-7-13-35(30-37)41-19-9-21-48-49(41)44-28-24-33-11-2-4-16-42(33)50(44)53-48/h1-31H. The molecule has 0 unspecified atom stereocenters. The molecule has 3 nitrogen and oxygen atoms in total. The molecule has 2 heterocycles. The topological polar surface area (TPSA) is 29.5 Å². The summed E-state index contributed by atoms with van der Waals surface area (Å²) in [5.74, 6) is 0. The molecule has 0 spiro atoms. The number of furan rings is 2. The minimum absolute atomic E-state index is 0.876. The molecular weight excluding hydrogens is 647 g/mol. The fourth-order valence-corrected chi connectivity index (χ4v) is 8.17. The molecule has 0 saturated carbocycles. The smallest absolute Gasteiger partial charge is 0.143 e. The van der Waals surface area contributed by atoms with Crippen LogP contribution in [-0.2, 0) is 0 Å². The molecule has 0 aliphatic heterocycles. The molecular formula is C50H31NO2. The van der Waals surface area contributed by atoms with Crippen LogP contribution in [-0.4, -0.2) is 0 Å². The highest BCUT2D eigenvalue weighted by atomic mass is 16.3. The molecule has 0 atom stereocenters. The molecule has 3 heteroatoms. The third-order valence-corrected chi connectivity index (χ3v) is 10.6. The van der Waals surface area contributed by atoms with Gasteiger partial charge in [-0.3, -0.25) is 0 Å². The molecule has 0 bridgehead atoms. The number of rotatable bonds is 5. The highest BCUT2D eigenvalue weighted by Crippen LogP contribution is 2.43. The first-order valence-electron chi connectivity index (χ1n) is 18.0. The predicted octanol–water partition coefficient (Wildman–Crippen LogP) is 14.6. The van der Waals surface area contributed by atoms with Gasteiger partial charge >= 0.3 is 0 Å². The number of benzene rings is 9. The molecule has 0 amide bonds. The van der Waals surface area contributed by atoms with Crippen molar-refractivity contribution in [3.8, 4) is 22.3 Å². The van der Waals surface area contributed by atoms with Gasteiger partial charge in [0.1, 0.15) is 22.3 Å². The van der Waals surface area contributed by atoms with E-state index in [2.05, 4.69) is 181 Å². The summed E-state index contributed by atoms with van der Waals surface area (Å²) >= 11 is 0. The second-order valence-corrected chi connectivity index (χ2v) is 13.7. The van der Waals surface area contributed by atoms with Gasteiger partial charge in [-0.1, -0.05) is 127 Å². The zero-order valence-corrected chi connectivity index (χ0v) is 28.7. The van der Waals surface area contributed by atoms with Crippen molar-refractivity contribution in [2.75, 3.05) is 4.90 Å². The third-order valence-electron chi connectivity index (χ3n) is 10.6. The summed E-state index contributed by atoms with van der Waals surface area (Å²) in [5, 5.41) is 9.23. The van der Waals surface area contributed by atoms with Crippen LogP contribution in [0.2, 0.25) is 0 Å². The van der Waals surface area contributed by atoms with E-state index in [0.717, 1.165) is 77.5 Å². The Hall–Kier alpha value is -7.10. The molecule has 0 fully saturated rings. The van der Waals surface area contributed by atoms with Crippen LogP contribution in [0.3, 0.4) is 0 Å². The maximum Gasteiger partial charge on any atom is 0.143 e. The number of para-hydroxylation sites is 1. The SMILES string of the molecule is c1cc(-c2cccc3oc4c5ccccc5ccc4c23)cc(N(c2ccc(-c3cccc4ccccc34)cc2)c2ccc3oc4ccccc4c3c2)c1. The first kappa shape index (κ1) is 29.6. The van der Waals surface area contributed by atoms with E-state index in [0.29, 0.717) is 0 Å². The lowest BCUT2D eigenvalue weighted by Gasteiger charge is -2.26. The van der Waals surface area contributed by atoms with E-state index in [1.165, 1.54) is 27.3 Å². The van der Waals surface area contributed by atoms with Gasteiger partial charge < -0.3 is 13.7 Å². The molecule has 0 aliphatic rings. The molecule has 53 heavy (non-hydrogen) atoms. The summed E-state index contributed by atoms with van der Waals surface area (Å²) < 4.78 is 12.8. The van der Waals surface area contributed by atoms with E-state index < -0.39 is 0 Å². The van der Waals surface area contributed by atoms with Crippen LogP contribution in [0, 0.1) is 0 Å². The zero-order chi connectivity index (χ0) is 34.9. The maximum absolute atomic E-state index is 6.57. The molecule has 9 aromatic carbocycles. The van der Waals surface area contributed by atoms with Crippen LogP contribution in [0.5, 0.6) is 0 Å². The average Bonchev–Trinajstić information content (AvgIpc) is 3.80. The van der Waals surface area contributed by atoms with Crippen molar-refractivity contribution in [3.63, 3.8) is 0 Å². The summed E-state index contributed by atoms with van der Waals surface area (Å²) in [6.07, 6.45) is 0. The largest absolute Gasteiger partial charge is 0.456 e. The minimum atomic E-state index is 0.876. The predicted molar refractivity (Wildman–Crippen MR) is 222 cm³/mol. The molecule has 248 valence electrons. The summed E-state index contributed by atoms with van der Waals surface area (Å²) in [4.78, 5) is 2.35. The molecule has 11 aromatic rings. The Balaban J connectivity index is 1.09. The highest BCUT2D eigenvalue weighted by Gasteiger charge is 2.19. The number of anilines is 3. The molecule has 11 rings (SSSR count). The second-order valence-electron chi connectivity index (χ2n) is 13.7. The molecule has 2 aromatic heterocycles. The van der Waals surface area contributed by atoms with Crippen LogP contribution < -0.4 is 4.90 Å². The average molecular weight is 678 g/mol. The first-order chi connectivity index (χ1) is 26.3. The summed E-state index contributed by atoms with van der Waals surface area (Å²) in [7, 11) is 0. The lowest BCUT2D eigenvalue weighted by molar-refractivity contribution is 0.669. The number of fused-ring (bicyclic) bond motifs is 9. The van der Waals surface area contributed by atoms with Gasteiger partial charge in [0.05, 0.1) is 0 Å². The fraction of sp³-hybridized carbons (Fsp3) is 0. The monoisotopic (exact) mass is 677 g/mol. The van der Waals surface area contributed by atoms with Gasteiger partial charge in [0.2, 0.25) is 0 Å². The van der Waals surface area contributed by atoms with E-state index in [1.807, 2.05) is 12.1 Å². The minimum Gasteiger partial charge on any atom is -0.456 e. The Morgan fingerprint density at radius 1 is 0.321 bits per heavy atom. The fourth-order valence-electron chi connectivity index (χ4n) is 8.17. The van der Waals surface area contributed by atoms with E-state index in [-0.39, 0.29) is 0 Å². The Labute approximate surface area is 305 Å². The zero-order valence-electron chi connectivity index (χ0n) is 28.7. The van der Waals surface area contributed by atoms with Crippen LogP contribution >= 0.6 is 0 Å². The highest BCUT2D eigenvalue weighted by molar-refractivity contribution is 6.19. The lowest BCUT2D eigenvalue weighted by Crippen LogP contribution is -2.10. The van der Waals surface area contributed by atoms with Crippen molar-refractivity contribution in [1.82, 2.24) is 0 Å². The normalized spacial score (nSPS) is 11.8. The van der Waals surface area contributed by atoms with Crippen LogP contribution in [0.15, 0.2) is 197 Å². The molecule has 0 N–H and O–H groups in total. The number of hydrogen-bond acceptors (Lipinski definition) is 3. The Morgan fingerprint density at radius 3 is 1.85 bits per heavy atom. The van der Waals surface area contributed by atoms with E-state index in [1.54, 1.807) is 0 Å². The van der Waals surface area contributed by atoms with Gasteiger partial charge in [0.25, 0.3) is 0 Å². The van der Waals surface area contributed by atoms with E-state index in [9.17, 15) is 0 Å². The molecule has 0 saturated heterocycles. The quantitative estimate of drug-likeness (QED) is 0.182. The summed E-state index contributed by atoms with van der Waals surface area (Å²) in [6.45, 7) is 0. The van der Waals surface area contributed by atoms with Crippen LogP contribution in [0.1, 0.15) is 0 Å². The third kappa shape index (κ3) is 4.75. The Kier molecular flexibility index (Phi) is 6.55. The van der Waals surface area contributed by atoms with Gasteiger partial charge in [-0.25, -0.2) is 0 Å². The maximum atomic E-state index is 6.57. The van der Waals surface area contributed by atoms with E-state index >= 15 is 0 Å². The van der Waals surface area contributed by atoms with Crippen molar-refractivity contribution in [3.05, 3.63) is 188 Å². The second kappa shape index (κ2) is 11.7. The Morgan fingerprint density at radius 2 is 0.962 bits per heavy atom. The van der Waals surface area contributed by atoms with Crippen molar-refractivity contribution >= 4 is 82.5 Å². The van der Waals surface area contributed by atoms with Gasteiger partial charge in [-0.15, -0.1) is 0 Å². The van der Waals surface area contributed by atoms with Crippen molar-refractivity contribution in [2.24, 2.45) is 0 Å². The van der Waals surface area contributed by atoms with Crippen molar-refractivity contribution < 1.29 is 8.83 Å². The number of hydrogen-bond donors (Lipinski definition) is 0. The Bertz CT molecular complexity index is 3180. The van der Waals surface area contributed by atoms with Crippen LogP contribution in [0.4, 0.5) is 17.1 Å². The molecule has 0 radical (unpaired) electrons. The van der Waals surface area contributed by atoms with Crippen molar-refractivity contribution in [1.29, 1.82) is 0 Å². The van der Waals surface area contributed by atoms with E-state index in [4.69, 9.17) is 8.83 Å². The van der Waals surface area contributed by atoms with Crippen molar-refractivity contribution in [2.45, 2.75) is 0 Å². The lowest BCUT2D eigenvalue weighted by atomic mass is 9.97. The molecule has 0 aliphatic carbocycles. The van der Waals surface area contributed by atoms with Crippen LogP contribution in [0.25, 0.3) is 87.7 Å². The van der Waals surface area contributed by atoms with Gasteiger partial charge in [-0.2, -0.15) is 0 Å². The number of nitrogens with zero attached hydrogens (tertiary/aromatic N) is 1. The summed E-state index contributed by atoms with van der Waals surface area (Å²) in [6, 6.07) is 66.9. The van der Waals surface area contributed by atoms with Gasteiger partial charge in [0.15, 0.2) is 0 Å². The van der Waals surface area contributed by atoms with Gasteiger partial charge in [-0.05, 0) is 99.1 Å². The summed E-state index contributed by atoms with van der Waals surface area (Å²) in [5.41, 5.74) is 11.4. The van der Waals surface area contributed by atoms with Gasteiger partial charge in [0, 0.05) is 44.0 Å².